The van der Waals surface area contributed by atoms with Crippen LogP contribution >= 0.6 is 0 Å². The highest BCUT2D eigenvalue weighted by Crippen LogP contribution is 2.47. The lowest BCUT2D eigenvalue weighted by atomic mass is 9.99. The van der Waals surface area contributed by atoms with Gasteiger partial charge in [0.1, 0.15) is 6.29 Å². The second-order valence-corrected chi connectivity index (χ2v) is 4.50. The molecule has 13 heavy (non-hydrogen) atoms. The predicted molar refractivity (Wildman–Crippen MR) is 55.7 cm³/mol. The summed E-state index contributed by atoms with van der Waals surface area (Å²) in [6, 6.07) is 0. The lowest BCUT2D eigenvalue weighted by Crippen LogP contribution is -2.00. The molecule has 0 aliphatic heterocycles. The Hall–Kier alpha value is -0.330. The highest BCUT2D eigenvalue weighted by atomic mass is 16.1. The molecule has 0 spiro atoms. The average Bonchev–Trinajstić information content (AvgIpc) is 2.92. The topological polar surface area (TPSA) is 17.1 Å². The van der Waals surface area contributed by atoms with Crippen molar-refractivity contribution in [3.05, 3.63) is 0 Å². The maximum atomic E-state index is 10.7. The molecule has 0 radical (unpaired) electrons. The first kappa shape index (κ1) is 10.7. The SMILES string of the molecule is CCCCCCCCC1(C=O)CC1. The van der Waals surface area contributed by atoms with Gasteiger partial charge < -0.3 is 4.79 Å². The smallest absolute Gasteiger partial charge is 0.126 e. The van der Waals surface area contributed by atoms with Crippen LogP contribution in [0, 0.1) is 5.41 Å². The number of hydrogen-bond acceptors (Lipinski definition) is 1. The third kappa shape index (κ3) is 3.93. The summed E-state index contributed by atoms with van der Waals surface area (Å²) >= 11 is 0. The van der Waals surface area contributed by atoms with Gasteiger partial charge in [0.15, 0.2) is 0 Å². The third-order valence-corrected chi connectivity index (χ3v) is 3.17. The first-order chi connectivity index (χ1) is 6.33. The number of aldehydes is 1. The summed E-state index contributed by atoms with van der Waals surface area (Å²) in [6.07, 6.45) is 12.7. The van der Waals surface area contributed by atoms with Gasteiger partial charge in [0, 0.05) is 5.41 Å². The number of unbranched alkanes of at least 4 members (excludes halogenated alkanes) is 5. The zero-order chi connectivity index (χ0) is 9.57. The molecular weight excluding hydrogens is 160 g/mol. The molecule has 1 aliphatic carbocycles. The molecule has 0 bridgehead atoms. The van der Waals surface area contributed by atoms with E-state index in [1.54, 1.807) is 0 Å². The van der Waals surface area contributed by atoms with Crippen molar-refractivity contribution >= 4 is 6.29 Å². The Kier molecular flexibility index (Phi) is 4.47. The molecule has 0 amide bonds. The Bertz CT molecular complexity index is 147. The number of rotatable bonds is 8. The molecule has 1 fully saturated rings. The van der Waals surface area contributed by atoms with E-state index >= 15 is 0 Å². The molecule has 0 heterocycles. The normalized spacial score (nSPS) is 18.5. The Morgan fingerprint density at radius 2 is 1.69 bits per heavy atom. The third-order valence-electron chi connectivity index (χ3n) is 3.17. The van der Waals surface area contributed by atoms with Gasteiger partial charge in [0.05, 0.1) is 0 Å². The fraction of sp³-hybridized carbons (Fsp3) is 0.917. The number of carbonyl (C=O) groups excluding carboxylic acids is 1. The van der Waals surface area contributed by atoms with Crippen molar-refractivity contribution in [1.82, 2.24) is 0 Å². The molecule has 0 aromatic rings. The van der Waals surface area contributed by atoms with Gasteiger partial charge in [-0.05, 0) is 19.3 Å². The molecule has 1 nitrogen and oxygen atoms in total. The lowest BCUT2D eigenvalue weighted by molar-refractivity contribution is -0.112. The molecule has 0 aromatic heterocycles. The van der Waals surface area contributed by atoms with Crippen LogP contribution in [0.4, 0.5) is 0 Å². The minimum atomic E-state index is 0.157. The molecule has 0 saturated heterocycles. The van der Waals surface area contributed by atoms with Gasteiger partial charge in [-0.25, -0.2) is 0 Å². The van der Waals surface area contributed by atoms with Gasteiger partial charge in [-0.1, -0.05) is 45.4 Å². The van der Waals surface area contributed by atoms with Crippen molar-refractivity contribution in [1.29, 1.82) is 0 Å². The van der Waals surface area contributed by atoms with Crippen molar-refractivity contribution in [2.24, 2.45) is 5.41 Å². The monoisotopic (exact) mass is 182 g/mol. The van der Waals surface area contributed by atoms with Crippen LogP contribution in [0.15, 0.2) is 0 Å². The molecule has 0 N–H and O–H groups in total. The molecule has 1 aliphatic rings. The Balaban J connectivity index is 1.87. The fourth-order valence-electron chi connectivity index (χ4n) is 1.84. The molecule has 1 saturated carbocycles. The summed E-state index contributed by atoms with van der Waals surface area (Å²) in [5.74, 6) is 0. The zero-order valence-corrected chi connectivity index (χ0v) is 8.85. The van der Waals surface area contributed by atoms with Crippen LogP contribution in [0.1, 0.15) is 64.7 Å². The van der Waals surface area contributed by atoms with Crippen LogP contribution in [-0.4, -0.2) is 6.29 Å². The summed E-state index contributed by atoms with van der Waals surface area (Å²) in [7, 11) is 0. The Morgan fingerprint density at radius 1 is 1.08 bits per heavy atom. The highest BCUT2D eigenvalue weighted by Gasteiger charge is 2.41. The quantitative estimate of drug-likeness (QED) is 0.413. The summed E-state index contributed by atoms with van der Waals surface area (Å²) in [5, 5.41) is 0. The maximum Gasteiger partial charge on any atom is 0.126 e. The van der Waals surface area contributed by atoms with Crippen molar-refractivity contribution in [2.75, 3.05) is 0 Å². The van der Waals surface area contributed by atoms with Crippen LogP contribution < -0.4 is 0 Å². The van der Waals surface area contributed by atoms with E-state index in [0.717, 1.165) is 19.3 Å². The van der Waals surface area contributed by atoms with E-state index in [2.05, 4.69) is 6.92 Å². The summed E-state index contributed by atoms with van der Waals surface area (Å²) in [5.41, 5.74) is 0.157. The fourth-order valence-corrected chi connectivity index (χ4v) is 1.84. The van der Waals surface area contributed by atoms with Crippen LogP contribution in [0.25, 0.3) is 0 Å². The van der Waals surface area contributed by atoms with E-state index in [9.17, 15) is 4.79 Å². The Labute approximate surface area is 81.9 Å². The van der Waals surface area contributed by atoms with Gasteiger partial charge in [0.25, 0.3) is 0 Å². The molecular formula is C12H22O. The van der Waals surface area contributed by atoms with Crippen molar-refractivity contribution < 1.29 is 4.79 Å². The minimum absolute atomic E-state index is 0.157. The second-order valence-electron chi connectivity index (χ2n) is 4.50. The highest BCUT2D eigenvalue weighted by molar-refractivity contribution is 5.63. The first-order valence-corrected chi connectivity index (χ1v) is 5.79. The molecule has 1 rings (SSSR count). The van der Waals surface area contributed by atoms with Gasteiger partial charge in [-0.15, -0.1) is 0 Å². The van der Waals surface area contributed by atoms with Crippen LogP contribution in [0.3, 0.4) is 0 Å². The Morgan fingerprint density at radius 3 is 2.23 bits per heavy atom. The molecule has 0 aromatic carbocycles. The molecule has 1 heteroatoms. The summed E-state index contributed by atoms with van der Waals surface area (Å²) in [6.45, 7) is 2.24. The molecule has 0 unspecified atom stereocenters. The van der Waals surface area contributed by atoms with Gasteiger partial charge in [-0.2, -0.15) is 0 Å². The van der Waals surface area contributed by atoms with Gasteiger partial charge in [0.2, 0.25) is 0 Å². The van der Waals surface area contributed by atoms with Crippen LogP contribution in [0.2, 0.25) is 0 Å². The van der Waals surface area contributed by atoms with Crippen LogP contribution in [-0.2, 0) is 4.79 Å². The van der Waals surface area contributed by atoms with Gasteiger partial charge in [-0.3, -0.25) is 0 Å². The average molecular weight is 182 g/mol. The summed E-state index contributed by atoms with van der Waals surface area (Å²) < 4.78 is 0. The van der Waals surface area contributed by atoms with E-state index < -0.39 is 0 Å². The number of hydrogen-bond donors (Lipinski definition) is 0. The first-order valence-electron chi connectivity index (χ1n) is 5.79. The lowest BCUT2D eigenvalue weighted by Gasteiger charge is -2.05. The maximum absolute atomic E-state index is 10.7. The molecule has 0 atom stereocenters. The predicted octanol–water partition coefficient (Wildman–Crippen LogP) is 3.72. The zero-order valence-electron chi connectivity index (χ0n) is 8.85. The van der Waals surface area contributed by atoms with E-state index in [1.807, 2.05) is 0 Å². The summed E-state index contributed by atoms with van der Waals surface area (Å²) in [4.78, 5) is 10.7. The molecule has 76 valence electrons. The largest absolute Gasteiger partial charge is 0.303 e. The number of carbonyl (C=O) groups is 1. The standard InChI is InChI=1S/C12H22O/c1-2-3-4-5-6-7-8-12(11-13)9-10-12/h11H,2-10H2,1H3. The van der Waals surface area contributed by atoms with Gasteiger partial charge >= 0.3 is 0 Å². The van der Waals surface area contributed by atoms with E-state index in [-0.39, 0.29) is 5.41 Å². The van der Waals surface area contributed by atoms with E-state index in [1.165, 1.54) is 44.8 Å². The minimum Gasteiger partial charge on any atom is -0.303 e. The van der Waals surface area contributed by atoms with E-state index in [0.29, 0.717) is 0 Å². The van der Waals surface area contributed by atoms with Crippen molar-refractivity contribution in [3.8, 4) is 0 Å². The van der Waals surface area contributed by atoms with Crippen LogP contribution in [0.5, 0.6) is 0 Å². The van der Waals surface area contributed by atoms with E-state index in [4.69, 9.17) is 0 Å². The second kappa shape index (κ2) is 5.41. The van der Waals surface area contributed by atoms with Crippen molar-refractivity contribution in [2.45, 2.75) is 64.7 Å². The van der Waals surface area contributed by atoms with Crippen molar-refractivity contribution in [3.63, 3.8) is 0 Å².